The minimum Gasteiger partial charge on any atom is -0.388 e. The maximum absolute atomic E-state index is 13.9. The molecule has 0 aliphatic heterocycles. The van der Waals surface area contributed by atoms with Crippen LogP contribution >= 0.6 is 15.9 Å². The first kappa shape index (κ1) is 16.1. The molecule has 0 heterocycles. The average molecular weight is 357 g/mol. The lowest BCUT2D eigenvalue weighted by Crippen LogP contribution is -2.06. The Morgan fingerprint density at radius 3 is 2.43 bits per heavy atom. The quantitative estimate of drug-likeness (QED) is 0.815. The second-order valence-electron chi connectivity index (χ2n) is 4.72. The predicted molar refractivity (Wildman–Crippen MR) is 79.9 cm³/mol. The maximum Gasteiger partial charge on any atom is 0.143 e. The zero-order chi connectivity index (χ0) is 15.4. The highest BCUT2D eigenvalue weighted by Crippen LogP contribution is 2.26. The Balaban J connectivity index is 2.18. The SMILES string of the molecule is COCc1ccc(C(O)Cc2c(F)ccc(Br)c2F)cc1. The number of aliphatic hydroxyl groups excluding tert-OH is 1. The molecular weight excluding hydrogens is 342 g/mol. The number of hydrogen-bond acceptors (Lipinski definition) is 2. The topological polar surface area (TPSA) is 29.5 Å². The van der Waals surface area contributed by atoms with Crippen molar-refractivity contribution in [3.63, 3.8) is 0 Å². The third kappa shape index (κ3) is 3.87. The maximum atomic E-state index is 13.9. The van der Waals surface area contributed by atoms with Crippen molar-refractivity contribution in [1.29, 1.82) is 0 Å². The molecule has 2 rings (SSSR count). The lowest BCUT2D eigenvalue weighted by molar-refractivity contribution is 0.174. The van der Waals surface area contributed by atoms with E-state index in [1.807, 2.05) is 12.1 Å². The predicted octanol–water partition coefficient (Wildman–Crippen LogP) is 4.15. The Hall–Kier alpha value is -1.30. The highest BCUT2D eigenvalue weighted by atomic mass is 79.9. The molecule has 1 unspecified atom stereocenters. The average Bonchev–Trinajstić information content (AvgIpc) is 2.48. The van der Waals surface area contributed by atoms with Crippen LogP contribution in [0.4, 0.5) is 8.78 Å². The molecule has 0 aromatic heterocycles. The van der Waals surface area contributed by atoms with Crippen molar-refractivity contribution in [3.05, 3.63) is 69.2 Å². The fraction of sp³-hybridized carbons (Fsp3) is 0.250. The number of halogens is 3. The van der Waals surface area contributed by atoms with Crippen LogP contribution in [-0.2, 0) is 17.8 Å². The molecule has 0 saturated heterocycles. The number of aliphatic hydroxyl groups is 1. The first-order valence-corrected chi connectivity index (χ1v) is 7.20. The summed E-state index contributed by atoms with van der Waals surface area (Å²) in [6, 6.07) is 9.57. The van der Waals surface area contributed by atoms with E-state index >= 15 is 0 Å². The highest BCUT2D eigenvalue weighted by molar-refractivity contribution is 9.10. The third-order valence-electron chi connectivity index (χ3n) is 3.21. The normalized spacial score (nSPS) is 12.4. The smallest absolute Gasteiger partial charge is 0.143 e. The van der Waals surface area contributed by atoms with Crippen LogP contribution in [0.5, 0.6) is 0 Å². The molecule has 0 fully saturated rings. The van der Waals surface area contributed by atoms with Crippen molar-refractivity contribution in [2.45, 2.75) is 19.1 Å². The lowest BCUT2D eigenvalue weighted by Gasteiger charge is -2.13. The molecule has 2 aromatic carbocycles. The minimum atomic E-state index is -0.972. The van der Waals surface area contributed by atoms with Gasteiger partial charge in [-0.2, -0.15) is 0 Å². The summed E-state index contributed by atoms with van der Waals surface area (Å²) in [4.78, 5) is 0. The molecule has 0 aliphatic rings. The van der Waals surface area contributed by atoms with E-state index in [9.17, 15) is 13.9 Å². The van der Waals surface area contributed by atoms with Gasteiger partial charge in [0.05, 0.1) is 17.2 Å². The Morgan fingerprint density at radius 1 is 1.14 bits per heavy atom. The van der Waals surface area contributed by atoms with Crippen molar-refractivity contribution >= 4 is 15.9 Å². The molecule has 1 N–H and O–H groups in total. The summed E-state index contributed by atoms with van der Waals surface area (Å²) in [5.74, 6) is -1.34. The Bertz CT molecular complexity index is 614. The monoisotopic (exact) mass is 356 g/mol. The molecule has 0 saturated carbocycles. The molecule has 2 nitrogen and oxygen atoms in total. The summed E-state index contributed by atoms with van der Waals surface area (Å²) < 4.78 is 32.8. The second-order valence-corrected chi connectivity index (χ2v) is 5.57. The van der Waals surface area contributed by atoms with Gasteiger partial charge in [-0.1, -0.05) is 24.3 Å². The highest BCUT2D eigenvalue weighted by Gasteiger charge is 2.17. The van der Waals surface area contributed by atoms with Crippen LogP contribution in [0.25, 0.3) is 0 Å². The fourth-order valence-electron chi connectivity index (χ4n) is 2.07. The van der Waals surface area contributed by atoms with Gasteiger partial charge < -0.3 is 9.84 Å². The van der Waals surface area contributed by atoms with Gasteiger partial charge in [-0.05, 0) is 39.2 Å². The molecule has 1 atom stereocenters. The standard InChI is InChI=1S/C16H15BrF2O2/c1-21-9-10-2-4-11(5-3-10)15(20)8-12-14(18)7-6-13(17)16(12)19/h2-7,15,20H,8-9H2,1H3. The number of ether oxygens (including phenoxy) is 1. The second kappa shape index (κ2) is 7.11. The van der Waals surface area contributed by atoms with E-state index in [-0.39, 0.29) is 16.5 Å². The largest absolute Gasteiger partial charge is 0.388 e. The Kier molecular flexibility index (Phi) is 5.45. The Labute approximate surface area is 130 Å². The van der Waals surface area contributed by atoms with Crippen molar-refractivity contribution in [1.82, 2.24) is 0 Å². The molecule has 0 bridgehead atoms. The summed E-state index contributed by atoms with van der Waals surface area (Å²) >= 11 is 3.02. The van der Waals surface area contributed by atoms with Gasteiger partial charge in [0.1, 0.15) is 11.6 Å². The first-order chi connectivity index (χ1) is 10.0. The van der Waals surface area contributed by atoms with E-state index < -0.39 is 17.7 Å². The fourth-order valence-corrected chi connectivity index (χ4v) is 2.44. The van der Waals surface area contributed by atoms with Gasteiger partial charge in [0, 0.05) is 19.1 Å². The van der Waals surface area contributed by atoms with E-state index in [1.54, 1.807) is 19.2 Å². The molecule has 2 aromatic rings. The molecule has 0 aliphatic carbocycles. The van der Waals surface area contributed by atoms with E-state index in [2.05, 4.69) is 15.9 Å². The zero-order valence-electron chi connectivity index (χ0n) is 11.4. The molecule has 5 heteroatoms. The van der Waals surface area contributed by atoms with Crippen LogP contribution in [0.3, 0.4) is 0 Å². The Morgan fingerprint density at radius 2 is 1.81 bits per heavy atom. The van der Waals surface area contributed by atoms with Crippen LogP contribution in [0, 0.1) is 11.6 Å². The van der Waals surface area contributed by atoms with Gasteiger partial charge in [-0.15, -0.1) is 0 Å². The molecule has 0 amide bonds. The third-order valence-corrected chi connectivity index (χ3v) is 3.82. The van der Waals surface area contributed by atoms with E-state index in [0.29, 0.717) is 12.2 Å². The van der Waals surface area contributed by atoms with Gasteiger partial charge in [0.25, 0.3) is 0 Å². The van der Waals surface area contributed by atoms with Crippen LogP contribution in [0.1, 0.15) is 22.8 Å². The first-order valence-electron chi connectivity index (χ1n) is 6.41. The van der Waals surface area contributed by atoms with E-state index in [0.717, 1.165) is 5.56 Å². The summed E-state index contributed by atoms with van der Waals surface area (Å²) in [6.45, 7) is 0.477. The van der Waals surface area contributed by atoms with Gasteiger partial charge in [-0.25, -0.2) is 8.78 Å². The van der Waals surface area contributed by atoms with Crippen LogP contribution in [0.2, 0.25) is 0 Å². The molecule has 0 radical (unpaired) electrons. The van der Waals surface area contributed by atoms with Crippen molar-refractivity contribution in [2.75, 3.05) is 7.11 Å². The van der Waals surface area contributed by atoms with Crippen LogP contribution in [0.15, 0.2) is 40.9 Å². The van der Waals surface area contributed by atoms with Gasteiger partial charge in [0.15, 0.2) is 0 Å². The van der Waals surface area contributed by atoms with E-state index in [4.69, 9.17) is 4.74 Å². The zero-order valence-corrected chi connectivity index (χ0v) is 13.0. The van der Waals surface area contributed by atoms with Gasteiger partial charge in [-0.3, -0.25) is 0 Å². The van der Waals surface area contributed by atoms with Gasteiger partial charge in [0.2, 0.25) is 0 Å². The number of rotatable bonds is 5. The number of methoxy groups -OCH3 is 1. The lowest BCUT2D eigenvalue weighted by atomic mass is 10.00. The molecule has 21 heavy (non-hydrogen) atoms. The summed E-state index contributed by atoms with van der Waals surface area (Å²) in [6.07, 6.45) is -1.10. The molecule has 0 spiro atoms. The van der Waals surface area contributed by atoms with E-state index in [1.165, 1.54) is 12.1 Å². The van der Waals surface area contributed by atoms with Crippen molar-refractivity contribution in [2.24, 2.45) is 0 Å². The van der Waals surface area contributed by atoms with Gasteiger partial charge >= 0.3 is 0 Å². The van der Waals surface area contributed by atoms with Crippen LogP contribution in [-0.4, -0.2) is 12.2 Å². The molecular formula is C16H15BrF2O2. The summed E-state index contributed by atoms with van der Waals surface area (Å²) in [5, 5.41) is 10.2. The molecule has 112 valence electrons. The number of benzene rings is 2. The summed E-state index contributed by atoms with van der Waals surface area (Å²) in [7, 11) is 1.60. The summed E-state index contributed by atoms with van der Waals surface area (Å²) in [5.41, 5.74) is 1.44. The van der Waals surface area contributed by atoms with Crippen molar-refractivity contribution < 1.29 is 18.6 Å². The minimum absolute atomic E-state index is 0.124. The van der Waals surface area contributed by atoms with Crippen LogP contribution < -0.4 is 0 Å². The van der Waals surface area contributed by atoms with Crippen molar-refractivity contribution in [3.8, 4) is 0 Å². The number of hydrogen-bond donors (Lipinski definition) is 1.